The van der Waals surface area contributed by atoms with Crippen LogP contribution in [0.3, 0.4) is 0 Å². The highest BCUT2D eigenvalue weighted by Crippen LogP contribution is 2.56. The third-order valence-corrected chi connectivity index (χ3v) is 13.6. The van der Waals surface area contributed by atoms with Crippen molar-refractivity contribution in [1.82, 2.24) is 0 Å². The van der Waals surface area contributed by atoms with Gasteiger partial charge in [0.05, 0.1) is 5.41 Å². The Kier molecular flexibility index (Phi) is 14.2. The smallest absolute Gasteiger partial charge is 0.210 e. The van der Waals surface area contributed by atoms with Gasteiger partial charge in [0, 0.05) is 47.5 Å². The van der Waals surface area contributed by atoms with Crippen molar-refractivity contribution >= 4 is 38.6 Å². The van der Waals surface area contributed by atoms with Gasteiger partial charge in [-0.15, -0.1) is 0 Å². The van der Waals surface area contributed by atoms with Crippen molar-refractivity contribution < 1.29 is 4.58 Å². The van der Waals surface area contributed by atoms with Gasteiger partial charge in [-0.2, -0.15) is 4.58 Å². The van der Waals surface area contributed by atoms with Gasteiger partial charge in [-0.05, 0) is 88.5 Å². The maximum atomic E-state index is 2.66. The number of hydrogen-bond acceptors (Lipinski definition) is 1. The summed E-state index contributed by atoms with van der Waals surface area (Å²) in [7, 11) is 0. The summed E-state index contributed by atoms with van der Waals surface area (Å²) in [5.41, 5.74) is 11.1. The standard InChI is InChI=1S/C61H67N2/c1-5-9-42-60(43-10-6-2)56(62(44-7-3)54-40-38-50-32-24-26-34-52(50)58(54)60)36-22-14-12-11-13-15-23-37-57-61(46-48-28-18-16-19-29-48,47-49-30-20-17-21-31-49)59-53-35-27-25-33-51(53)39-41-55(59)63(57)45-8-4/h11-41H,5-10,42-47H2,1-4H3/q+1. The van der Waals surface area contributed by atoms with E-state index in [4.69, 9.17) is 0 Å². The zero-order valence-corrected chi connectivity index (χ0v) is 38.3. The van der Waals surface area contributed by atoms with Gasteiger partial charge in [0.25, 0.3) is 0 Å². The molecule has 6 aromatic rings. The van der Waals surface area contributed by atoms with E-state index >= 15 is 0 Å². The number of anilines is 1. The van der Waals surface area contributed by atoms with Gasteiger partial charge in [-0.1, -0.05) is 211 Å². The van der Waals surface area contributed by atoms with E-state index in [0.29, 0.717) is 0 Å². The number of hydrogen-bond donors (Lipinski definition) is 0. The van der Waals surface area contributed by atoms with Crippen LogP contribution in [0, 0.1) is 0 Å². The molecule has 8 rings (SSSR count). The first-order chi connectivity index (χ1) is 31.1. The predicted molar refractivity (Wildman–Crippen MR) is 273 cm³/mol. The molecule has 0 aliphatic carbocycles. The minimum atomic E-state index is -0.258. The molecule has 2 aliphatic rings. The highest BCUT2D eigenvalue weighted by atomic mass is 15.2. The number of nitrogens with zero attached hydrogens (tertiary/aromatic N) is 2. The fourth-order valence-corrected chi connectivity index (χ4v) is 10.9. The topological polar surface area (TPSA) is 6.25 Å². The van der Waals surface area contributed by atoms with Crippen molar-refractivity contribution in [2.45, 2.75) is 103 Å². The molecule has 2 aliphatic heterocycles. The van der Waals surface area contributed by atoms with Crippen LogP contribution in [0.2, 0.25) is 0 Å². The molecule has 0 amide bonds. The number of allylic oxidation sites excluding steroid dienone is 10. The van der Waals surface area contributed by atoms with Gasteiger partial charge >= 0.3 is 0 Å². The first-order valence-corrected chi connectivity index (χ1v) is 24.0. The molecular formula is C61H67N2+. The molecule has 2 heterocycles. The van der Waals surface area contributed by atoms with Crippen LogP contribution < -0.4 is 4.90 Å². The maximum absolute atomic E-state index is 2.66. The molecule has 320 valence electrons. The summed E-state index contributed by atoms with van der Waals surface area (Å²) in [6.07, 6.45) is 31.6. The summed E-state index contributed by atoms with van der Waals surface area (Å²) in [5, 5.41) is 5.43. The second-order valence-corrected chi connectivity index (χ2v) is 17.8. The van der Waals surface area contributed by atoms with Crippen LogP contribution in [-0.2, 0) is 23.7 Å². The molecule has 0 aromatic heterocycles. The fourth-order valence-electron chi connectivity index (χ4n) is 10.9. The Morgan fingerprint density at radius 2 is 1.03 bits per heavy atom. The molecule has 0 radical (unpaired) electrons. The number of rotatable bonds is 19. The molecular weight excluding hydrogens is 761 g/mol. The Balaban J connectivity index is 1.12. The first-order valence-electron chi connectivity index (χ1n) is 24.0. The van der Waals surface area contributed by atoms with E-state index in [0.717, 1.165) is 38.8 Å². The summed E-state index contributed by atoms with van der Waals surface area (Å²) in [5.74, 6) is 0. The molecule has 0 saturated heterocycles. The van der Waals surface area contributed by atoms with E-state index < -0.39 is 0 Å². The van der Waals surface area contributed by atoms with Crippen LogP contribution in [0.4, 0.5) is 11.4 Å². The Hall–Kier alpha value is -5.99. The van der Waals surface area contributed by atoms with E-state index in [1.165, 1.54) is 99.5 Å². The van der Waals surface area contributed by atoms with Crippen molar-refractivity contribution in [2.24, 2.45) is 0 Å². The third kappa shape index (κ3) is 8.83. The van der Waals surface area contributed by atoms with Gasteiger partial charge in [0.2, 0.25) is 5.69 Å². The molecule has 2 nitrogen and oxygen atoms in total. The number of fused-ring (bicyclic) bond motifs is 6. The summed E-state index contributed by atoms with van der Waals surface area (Å²) in [4.78, 5) is 2.66. The van der Waals surface area contributed by atoms with E-state index in [1.807, 2.05) is 0 Å². The van der Waals surface area contributed by atoms with Crippen molar-refractivity contribution in [1.29, 1.82) is 0 Å². The van der Waals surface area contributed by atoms with E-state index in [9.17, 15) is 0 Å². The normalized spacial score (nSPS) is 16.3. The van der Waals surface area contributed by atoms with Crippen LogP contribution in [0.1, 0.15) is 101 Å². The summed E-state index contributed by atoms with van der Waals surface area (Å²) in [6, 6.07) is 49.8. The molecule has 0 N–H and O–H groups in total. The average molecular weight is 828 g/mol. The average Bonchev–Trinajstić information content (AvgIpc) is 3.72. The van der Waals surface area contributed by atoms with Crippen molar-refractivity contribution in [2.75, 3.05) is 18.0 Å². The zero-order valence-electron chi connectivity index (χ0n) is 38.3. The largest absolute Gasteiger partial charge is 0.344 e. The van der Waals surface area contributed by atoms with E-state index in [-0.39, 0.29) is 10.8 Å². The second-order valence-electron chi connectivity index (χ2n) is 17.8. The molecule has 0 spiro atoms. The lowest BCUT2D eigenvalue weighted by Crippen LogP contribution is -2.39. The van der Waals surface area contributed by atoms with Crippen molar-refractivity contribution in [3.8, 4) is 0 Å². The Morgan fingerprint density at radius 3 is 1.62 bits per heavy atom. The van der Waals surface area contributed by atoms with Crippen LogP contribution in [-0.4, -0.2) is 23.4 Å². The predicted octanol–water partition coefficient (Wildman–Crippen LogP) is 15.9. The van der Waals surface area contributed by atoms with Gasteiger partial charge < -0.3 is 4.90 Å². The summed E-state index contributed by atoms with van der Waals surface area (Å²) in [6.45, 7) is 11.3. The lowest BCUT2D eigenvalue weighted by molar-refractivity contribution is -0.437. The minimum Gasteiger partial charge on any atom is -0.344 e. The second kappa shape index (κ2) is 20.5. The lowest BCUT2D eigenvalue weighted by atomic mass is 9.68. The van der Waals surface area contributed by atoms with E-state index in [1.54, 1.807) is 5.56 Å². The molecule has 6 aromatic carbocycles. The lowest BCUT2D eigenvalue weighted by Gasteiger charge is -2.34. The molecule has 2 heteroatoms. The summed E-state index contributed by atoms with van der Waals surface area (Å²) < 4.78 is 2.62. The van der Waals surface area contributed by atoms with Gasteiger partial charge in [0.1, 0.15) is 6.54 Å². The first kappa shape index (κ1) is 43.7. The molecule has 0 saturated carbocycles. The Bertz CT molecular complexity index is 2620. The van der Waals surface area contributed by atoms with Gasteiger partial charge in [-0.3, -0.25) is 0 Å². The van der Waals surface area contributed by atoms with Crippen LogP contribution in [0.15, 0.2) is 194 Å². The molecule has 0 atom stereocenters. The maximum Gasteiger partial charge on any atom is 0.210 e. The van der Waals surface area contributed by atoms with Crippen LogP contribution in [0.25, 0.3) is 21.5 Å². The van der Waals surface area contributed by atoms with E-state index in [2.05, 4.69) is 225 Å². The number of benzene rings is 6. The fraction of sp³-hybridized carbons (Fsp3) is 0.295. The molecule has 63 heavy (non-hydrogen) atoms. The summed E-state index contributed by atoms with van der Waals surface area (Å²) >= 11 is 0. The third-order valence-electron chi connectivity index (χ3n) is 13.6. The van der Waals surface area contributed by atoms with Crippen molar-refractivity contribution in [3.63, 3.8) is 0 Å². The molecule has 0 fully saturated rings. The highest BCUT2D eigenvalue weighted by Gasteiger charge is 2.52. The zero-order chi connectivity index (χ0) is 43.5. The van der Waals surface area contributed by atoms with Crippen LogP contribution in [0.5, 0.6) is 0 Å². The van der Waals surface area contributed by atoms with Gasteiger partial charge in [-0.25, -0.2) is 0 Å². The molecule has 0 unspecified atom stereocenters. The Labute approximate surface area is 378 Å². The quantitative estimate of drug-likeness (QED) is 0.0582. The minimum absolute atomic E-state index is 0.0158. The highest BCUT2D eigenvalue weighted by molar-refractivity contribution is 6.08. The number of unbranched alkanes of at least 4 members (excludes halogenated alkanes) is 2. The van der Waals surface area contributed by atoms with Crippen LogP contribution >= 0.6 is 0 Å². The monoisotopic (exact) mass is 828 g/mol. The molecule has 0 bridgehead atoms. The SMILES string of the molecule is CCCCC1(CCCC)\C(=C/C=C/C=C/C=C/C=C/C2=[N+](CCC)c3ccc4ccccc4c3C2(Cc2ccccc2)Cc2ccccc2)N(CCC)c2ccc3ccccc3c21. The van der Waals surface area contributed by atoms with Gasteiger partial charge in [0.15, 0.2) is 5.71 Å². The van der Waals surface area contributed by atoms with Crippen molar-refractivity contribution in [3.05, 3.63) is 216 Å². The Morgan fingerprint density at radius 1 is 0.492 bits per heavy atom.